The number of hydrogen-bond acceptors (Lipinski definition) is 5. The molecule has 0 radical (unpaired) electrons. The predicted octanol–water partition coefficient (Wildman–Crippen LogP) is 1.82. The molecule has 5 heteroatoms. The van der Waals surface area contributed by atoms with E-state index >= 15 is 0 Å². The van der Waals surface area contributed by atoms with E-state index in [2.05, 4.69) is 15.3 Å². The van der Waals surface area contributed by atoms with Crippen LogP contribution in [0.3, 0.4) is 0 Å². The fraction of sp³-hybridized carbons (Fsp3) is 0.667. The third-order valence-electron chi connectivity index (χ3n) is 2.99. The molecule has 3 N–H and O–H groups in total. The molecule has 0 aliphatic heterocycles. The lowest BCUT2D eigenvalue weighted by molar-refractivity contribution is 0.0347. The average Bonchev–Trinajstić information content (AvgIpc) is 2.36. The van der Waals surface area contributed by atoms with Crippen LogP contribution in [0.2, 0.25) is 0 Å². The van der Waals surface area contributed by atoms with E-state index in [1.54, 1.807) is 12.3 Å². The second-order valence-corrected chi connectivity index (χ2v) is 4.36. The van der Waals surface area contributed by atoms with Gasteiger partial charge in [0.2, 0.25) is 5.95 Å². The van der Waals surface area contributed by atoms with Gasteiger partial charge in [0.1, 0.15) is 5.82 Å². The van der Waals surface area contributed by atoms with Crippen LogP contribution in [0, 0.1) is 0 Å². The SMILES string of the molecule is Nc1nccc(NCCOC2CCCCC2)n1. The second kappa shape index (κ2) is 6.39. The Morgan fingerprint density at radius 3 is 2.94 bits per heavy atom. The molecule has 2 rings (SSSR count). The molecule has 1 fully saturated rings. The molecular formula is C12H20N4O. The molecule has 1 aromatic rings. The first kappa shape index (κ1) is 12.1. The number of nitrogens with one attached hydrogen (secondary N) is 1. The first-order valence-corrected chi connectivity index (χ1v) is 6.28. The Hall–Kier alpha value is -1.36. The van der Waals surface area contributed by atoms with Crippen LogP contribution in [0.1, 0.15) is 32.1 Å². The highest BCUT2D eigenvalue weighted by Crippen LogP contribution is 2.19. The molecule has 0 bridgehead atoms. The summed E-state index contributed by atoms with van der Waals surface area (Å²) in [7, 11) is 0. The van der Waals surface area contributed by atoms with Gasteiger partial charge in [0.15, 0.2) is 0 Å². The molecule has 0 unspecified atom stereocenters. The number of aromatic nitrogens is 2. The molecule has 0 amide bonds. The molecule has 17 heavy (non-hydrogen) atoms. The van der Waals surface area contributed by atoms with Crippen LogP contribution in [-0.4, -0.2) is 29.2 Å². The fourth-order valence-corrected chi connectivity index (χ4v) is 2.11. The lowest BCUT2D eigenvalue weighted by Gasteiger charge is -2.22. The number of nitrogens with two attached hydrogens (primary N) is 1. The molecule has 1 saturated carbocycles. The Morgan fingerprint density at radius 1 is 1.35 bits per heavy atom. The zero-order valence-corrected chi connectivity index (χ0v) is 10.1. The molecule has 1 aromatic heterocycles. The molecular weight excluding hydrogens is 216 g/mol. The van der Waals surface area contributed by atoms with Gasteiger partial charge in [-0.25, -0.2) is 4.98 Å². The second-order valence-electron chi connectivity index (χ2n) is 4.36. The third-order valence-corrected chi connectivity index (χ3v) is 2.99. The summed E-state index contributed by atoms with van der Waals surface area (Å²) in [6, 6.07) is 1.80. The summed E-state index contributed by atoms with van der Waals surface area (Å²) < 4.78 is 5.80. The summed E-state index contributed by atoms with van der Waals surface area (Å²) in [4.78, 5) is 7.89. The maximum atomic E-state index is 5.80. The van der Waals surface area contributed by atoms with Crippen molar-refractivity contribution in [2.24, 2.45) is 0 Å². The molecule has 1 aliphatic rings. The third kappa shape index (κ3) is 4.19. The van der Waals surface area contributed by atoms with Crippen LogP contribution in [0.4, 0.5) is 11.8 Å². The van der Waals surface area contributed by atoms with Gasteiger partial charge < -0.3 is 15.8 Å². The first-order chi connectivity index (χ1) is 8.34. The van der Waals surface area contributed by atoms with Crippen LogP contribution in [0.5, 0.6) is 0 Å². The van der Waals surface area contributed by atoms with Gasteiger partial charge in [-0.2, -0.15) is 4.98 Å². The Labute approximate surface area is 102 Å². The summed E-state index contributed by atoms with van der Waals surface area (Å²) in [5.74, 6) is 1.05. The van der Waals surface area contributed by atoms with Crippen LogP contribution >= 0.6 is 0 Å². The van der Waals surface area contributed by atoms with Crippen molar-refractivity contribution in [2.45, 2.75) is 38.2 Å². The van der Waals surface area contributed by atoms with E-state index in [1.165, 1.54) is 32.1 Å². The van der Waals surface area contributed by atoms with Crippen molar-refractivity contribution in [3.05, 3.63) is 12.3 Å². The molecule has 0 saturated heterocycles. The molecule has 1 heterocycles. The molecule has 5 nitrogen and oxygen atoms in total. The van der Waals surface area contributed by atoms with Crippen molar-refractivity contribution in [2.75, 3.05) is 24.2 Å². The number of hydrogen-bond donors (Lipinski definition) is 2. The number of rotatable bonds is 5. The van der Waals surface area contributed by atoms with Crippen LogP contribution in [0.25, 0.3) is 0 Å². The maximum Gasteiger partial charge on any atom is 0.221 e. The normalized spacial score (nSPS) is 16.9. The molecule has 0 atom stereocenters. The summed E-state index contributed by atoms with van der Waals surface area (Å²) in [5, 5.41) is 3.17. The van der Waals surface area contributed by atoms with E-state index in [-0.39, 0.29) is 0 Å². The number of nitrogens with zero attached hydrogens (tertiary/aromatic N) is 2. The highest BCUT2D eigenvalue weighted by Gasteiger charge is 2.12. The highest BCUT2D eigenvalue weighted by molar-refractivity contribution is 5.37. The molecule has 1 aliphatic carbocycles. The number of anilines is 2. The summed E-state index contributed by atoms with van der Waals surface area (Å²) in [6.45, 7) is 1.47. The van der Waals surface area contributed by atoms with Gasteiger partial charge in [0.25, 0.3) is 0 Å². The van der Waals surface area contributed by atoms with E-state index in [4.69, 9.17) is 10.5 Å². The van der Waals surface area contributed by atoms with Gasteiger partial charge in [0.05, 0.1) is 12.7 Å². The van der Waals surface area contributed by atoms with Crippen molar-refractivity contribution in [1.29, 1.82) is 0 Å². The Morgan fingerprint density at radius 2 is 2.18 bits per heavy atom. The zero-order valence-electron chi connectivity index (χ0n) is 10.1. The minimum Gasteiger partial charge on any atom is -0.376 e. The number of nitrogen functional groups attached to an aromatic ring is 1. The van der Waals surface area contributed by atoms with E-state index in [1.807, 2.05) is 0 Å². The summed E-state index contributed by atoms with van der Waals surface area (Å²) >= 11 is 0. The van der Waals surface area contributed by atoms with E-state index in [0.29, 0.717) is 18.7 Å². The molecule has 94 valence electrons. The van der Waals surface area contributed by atoms with E-state index in [9.17, 15) is 0 Å². The van der Waals surface area contributed by atoms with E-state index in [0.717, 1.165) is 12.4 Å². The van der Waals surface area contributed by atoms with Gasteiger partial charge in [-0.1, -0.05) is 19.3 Å². The lowest BCUT2D eigenvalue weighted by atomic mass is 9.98. The monoisotopic (exact) mass is 236 g/mol. The van der Waals surface area contributed by atoms with Crippen LogP contribution in [0.15, 0.2) is 12.3 Å². The maximum absolute atomic E-state index is 5.80. The zero-order chi connectivity index (χ0) is 11.9. The van der Waals surface area contributed by atoms with E-state index < -0.39 is 0 Å². The fourth-order valence-electron chi connectivity index (χ4n) is 2.11. The first-order valence-electron chi connectivity index (χ1n) is 6.28. The largest absolute Gasteiger partial charge is 0.376 e. The van der Waals surface area contributed by atoms with Gasteiger partial charge in [-0.15, -0.1) is 0 Å². The van der Waals surface area contributed by atoms with Crippen molar-refractivity contribution < 1.29 is 4.74 Å². The highest BCUT2D eigenvalue weighted by atomic mass is 16.5. The van der Waals surface area contributed by atoms with Gasteiger partial charge >= 0.3 is 0 Å². The van der Waals surface area contributed by atoms with Crippen molar-refractivity contribution in [1.82, 2.24) is 9.97 Å². The Kier molecular flexibility index (Phi) is 4.55. The average molecular weight is 236 g/mol. The van der Waals surface area contributed by atoms with Gasteiger partial charge in [-0.05, 0) is 18.9 Å². The molecule has 0 aromatic carbocycles. The Bertz CT molecular complexity index is 339. The van der Waals surface area contributed by atoms with Crippen LogP contribution in [-0.2, 0) is 4.74 Å². The van der Waals surface area contributed by atoms with Crippen LogP contribution < -0.4 is 11.1 Å². The Balaban J connectivity index is 1.62. The lowest BCUT2D eigenvalue weighted by Crippen LogP contribution is -2.20. The van der Waals surface area contributed by atoms with Crippen molar-refractivity contribution in [3.8, 4) is 0 Å². The minimum atomic E-state index is 0.295. The molecule has 0 spiro atoms. The number of ether oxygens (including phenoxy) is 1. The van der Waals surface area contributed by atoms with Gasteiger partial charge in [-0.3, -0.25) is 0 Å². The minimum absolute atomic E-state index is 0.295. The summed E-state index contributed by atoms with van der Waals surface area (Å²) in [5.41, 5.74) is 5.49. The van der Waals surface area contributed by atoms with Crippen molar-refractivity contribution in [3.63, 3.8) is 0 Å². The predicted molar refractivity (Wildman–Crippen MR) is 67.8 cm³/mol. The topological polar surface area (TPSA) is 73.1 Å². The smallest absolute Gasteiger partial charge is 0.221 e. The van der Waals surface area contributed by atoms with Crippen molar-refractivity contribution >= 4 is 11.8 Å². The van der Waals surface area contributed by atoms with Gasteiger partial charge in [0, 0.05) is 12.7 Å². The summed E-state index contributed by atoms with van der Waals surface area (Å²) in [6.07, 6.45) is 8.49. The standard InChI is InChI=1S/C12H20N4O/c13-12-15-7-6-11(16-12)14-8-9-17-10-4-2-1-3-5-10/h6-7,10H,1-5,8-9H2,(H3,13,14,15,16). The quantitative estimate of drug-likeness (QED) is 0.763.